The van der Waals surface area contributed by atoms with Crippen LogP contribution < -0.4 is 0 Å². The van der Waals surface area contributed by atoms with Crippen LogP contribution in [0, 0.1) is 0 Å². The van der Waals surface area contributed by atoms with Gasteiger partial charge in [0.25, 0.3) is 0 Å². The van der Waals surface area contributed by atoms with E-state index in [4.69, 9.17) is 27.0 Å². The quantitative estimate of drug-likeness (QED) is 0.376. The summed E-state index contributed by atoms with van der Waals surface area (Å²) < 4.78 is 15.5. The molecule has 0 aliphatic rings. The second kappa shape index (κ2) is 9.96. The van der Waals surface area contributed by atoms with Crippen molar-refractivity contribution in [3.8, 4) is 0 Å². The highest BCUT2D eigenvalue weighted by Crippen LogP contribution is 2.57. The van der Waals surface area contributed by atoms with Gasteiger partial charge in [-0.05, 0) is 28.9 Å². The van der Waals surface area contributed by atoms with Crippen LogP contribution in [0.4, 0.5) is 0 Å². The molecule has 5 heteroatoms. The first kappa shape index (κ1) is 15.8. The van der Waals surface area contributed by atoms with Crippen LogP contribution in [-0.2, 0) is 9.09 Å². The molecular weight excluding hydrogens is 254 g/mol. The van der Waals surface area contributed by atoms with E-state index in [0.29, 0.717) is 6.61 Å². The third-order valence-electron chi connectivity index (χ3n) is 2.24. The van der Waals surface area contributed by atoms with Gasteiger partial charge in [-0.1, -0.05) is 51.9 Å². The molecule has 0 heterocycles. The lowest BCUT2D eigenvalue weighted by molar-refractivity contribution is 0.320. The molecule has 0 aliphatic heterocycles. The first-order valence-electron chi connectivity index (χ1n) is 5.70. The van der Waals surface area contributed by atoms with Gasteiger partial charge in [0.2, 0.25) is 0 Å². The van der Waals surface area contributed by atoms with Crippen molar-refractivity contribution in [3.05, 3.63) is 0 Å². The van der Waals surface area contributed by atoms with Crippen molar-refractivity contribution < 1.29 is 9.09 Å². The number of hydrogen-bond donors (Lipinski definition) is 0. The molecule has 0 aromatic heterocycles. The minimum absolute atomic E-state index is 0.402. The Morgan fingerprint density at radius 3 is 1.87 bits per heavy atom. The van der Waals surface area contributed by atoms with Gasteiger partial charge in [0.05, 0.1) is 6.61 Å². The van der Waals surface area contributed by atoms with E-state index >= 15 is 0 Å². The van der Waals surface area contributed by atoms with E-state index in [9.17, 15) is 4.57 Å². The predicted octanol–water partition coefficient (Wildman–Crippen LogP) is 5.73. The molecule has 0 saturated heterocycles. The zero-order valence-corrected chi connectivity index (χ0v) is 11.8. The van der Waals surface area contributed by atoms with E-state index in [0.717, 1.165) is 12.8 Å². The van der Waals surface area contributed by atoms with Gasteiger partial charge in [0.15, 0.2) is 0 Å². The average Bonchev–Trinajstić information content (AvgIpc) is 2.14. The normalized spacial score (nSPS) is 11.9. The molecule has 0 atom stereocenters. The van der Waals surface area contributed by atoms with Gasteiger partial charge >= 0.3 is 6.07 Å². The Labute approximate surface area is 103 Å². The van der Waals surface area contributed by atoms with Crippen LogP contribution in [0.1, 0.15) is 58.3 Å². The van der Waals surface area contributed by atoms with E-state index in [1.54, 1.807) is 0 Å². The fourth-order valence-corrected chi connectivity index (χ4v) is 2.16. The molecule has 0 radical (unpaired) electrons. The van der Waals surface area contributed by atoms with Gasteiger partial charge in [-0.15, -0.1) is 0 Å². The van der Waals surface area contributed by atoms with Gasteiger partial charge in [0, 0.05) is 0 Å². The highest BCUT2D eigenvalue weighted by Gasteiger charge is 2.12. The SMILES string of the molecule is CCCCCCCCCCOP(=O)(Cl)Cl. The van der Waals surface area contributed by atoms with Gasteiger partial charge in [-0.25, -0.2) is 0 Å². The molecule has 0 aromatic carbocycles. The van der Waals surface area contributed by atoms with Gasteiger partial charge in [-0.2, -0.15) is 0 Å². The van der Waals surface area contributed by atoms with Crippen molar-refractivity contribution in [2.45, 2.75) is 58.3 Å². The van der Waals surface area contributed by atoms with E-state index in [1.807, 2.05) is 0 Å². The molecule has 0 spiro atoms. The van der Waals surface area contributed by atoms with Crippen LogP contribution in [0.25, 0.3) is 0 Å². The van der Waals surface area contributed by atoms with Crippen molar-refractivity contribution in [1.29, 1.82) is 0 Å². The number of hydrogen-bond acceptors (Lipinski definition) is 2. The highest BCUT2D eigenvalue weighted by atomic mass is 35.9. The summed E-state index contributed by atoms with van der Waals surface area (Å²) in [7, 11) is 0. The van der Waals surface area contributed by atoms with Gasteiger partial charge < -0.3 is 4.52 Å². The van der Waals surface area contributed by atoms with E-state index in [1.165, 1.54) is 38.5 Å². The molecular formula is C10H21Cl2O2P. The van der Waals surface area contributed by atoms with E-state index in [2.05, 4.69) is 6.92 Å². The second-order valence-corrected chi connectivity index (χ2v) is 8.00. The molecule has 92 valence electrons. The van der Waals surface area contributed by atoms with Crippen molar-refractivity contribution in [2.24, 2.45) is 0 Å². The third-order valence-corrected chi connectivity index (χ3v) is 3.31. The topological polar surface area (TPSA) is 26.3 Å². The predicted molar refractivity (Wildman–Crippen MR) is 67.9 cm³/mol. The maximum Gasteiger partial charge on any atom is 0.380 e. The smallest absolute Gasteiger partial charge is 0.306 e. The minimum Gasteiger partial charge on any atom is -0.306 e. The summed E-state index contributed by atoms with van der Waals surface area (Å²) in [4.78, 5) is 0. The zero-order valence-electron chi connectivity index (χ0n) is 9.38. The van der Waals surface area contributed by atoms with Crippen molar-refractivity contribution >= 4 is 28.6 Å². The standard InChI is InChI=1S/C10H21Cl2O2P/c1-2-3-4-5-6-7-8-9-10-14-15(11,12)13/h2-10H2,1H3. The molecule has 0 bridgehead atoms. The first-order valence-corrected chi connectivity index (χ1v) is 9.13. The summed E-state index contributed by atoms with van der Waals surface area (Å²) in [6.07, 6.45) is 6.46. The van der Waals surface area contributed by atoms with Crippen molar-refractivity contribution in [2.75, 3.05) is 6.61 Å². The van der Waals surface area contributed by atoms with Crippen LogP contribution in [-0.4, -0.2) is 6.61 Å². The molecule has 0 saturated carbocycles. The van der Waals surface area contributed by atoms with Crippen LogP contribution in [0.3, 0.4) is 0 Å². The Hall–Kier alpha value is 0.770. The molecule has 2 nitrogen and oxygen atoms in total. The van der Waals surface area contributed by atoms with Gasteiger partial charge in [0.1, 0.15) is 0 Å². The number of halogens is 2. The Morgan fingerprint density at radius 1 is 0.933 bits per heavy atom. The molecule has 0 aliphatic carbocycles. The highest BCUT2D eigenvalue weighted by molar-refractivity contribution is 8.05. The van der Waals surface area contributed by atoms with Crippen LogP contribution >= 0.6 is 28.6 Å². The number of rotatable bonds is 10. The second-order valence-electron chi connectivity index (χ2n) is 3.72. The maximum atomic E-state index is 10.7. The third kappa shape index (κ3) is 14.8. The summed E-state index contributed by atoms with van der Waals surface area (Å²) in [6.45, 7) is 2.62. The molecule has 15 heavy (non-hydrogen) atoms. The largest absolute Gasteiger partial charge is 0.380 e. The maximum absolute atomic E-state index is 10.7. The Kier molecular flexibility index (Phi) is 10.5. The fraction of sp³-hybridized carbons (Fsp3) is 1.00. The average molecular weight is 275 g/mol. The molecule has 0 rings (SSSR count). The summed E-state index contributed by atoms with van der Waals surface area (Å²) in [5.74, 6) is 0. The van der Waals surface area contributed by atoms with E-state index in [-0.39, 0.29) is 0 Å². The summed E-state index contributed by atoms with van der Waals surface area (Å²) in [5.41, 5.74) is 0. The summed E-state index contributed by atoms with van der Waals surface area (Å²) >= 11 is 10.5. The fourth-order valence-electron chi connectivity index (χ4n) is 1.41. The molecule has 0 fully saturated rings. The summed E-state index contributed by atoms with van der Waals surface area (Å²) in [6, 6.07) is 0. The van der Waals surface area contributed by atoms with Crippen LogP contribution in [0.15, 0.2) is 0 Å². The lowest BCUT2D eigenvalue weighted by Crippen LogP contribution is -1.88. The van der Waals surface area contributed by atoms with E-state index < -0.39 is 6.07 Å². The lowest BCUT2D eigenvalue weighted by Gasteiger charge is -2.04. The first-order chi connectivity index (χ1) is 7.06. The van der Waals surface area contributed by atoms with Crippen LogP contribution in [0.2, 0.25) is 0 Å². The minimum atomic E-state index is -3.29. The van der Waals surface area contributed by atoms with Crippen molar-refractivity contribution in [1.82, 2.24) is 0 Å². The molecule has 0 aromatic rings. The molecule has 0 N–H and O–H groups in total. The Balaban J connectivity index is 3.02. The lowest BCUT2D eigenvalue weighted by atomic mass is 10.1. The molecule has 0 unspecified atom stereocenters. The van der Waals surface area contributed by atoms with Crippen LogP contribution in [0.5, 0.6) is 0 Å². The monoisotopic (exact) mass is 274 g/mol. The zero-order chi connectivity index (χ0) is 11.6. The number of unbranched alkanes of at least 4 members (excludes halogenated alkanes) is 7. The summed E-state index contributed by atoms with van der Waals surface area (Å²) in [5, 5.41) is 0. The Morgan fingerprint density at radius 2 is 1.40 bits per heavy atom. The van der Waals surface area contributed by atoms with Crippen molar-refractivity contribution in [3.63, 3.8) is 0 Å². The Bertz CT molecular complexity index is 182. The van der Waals surface area contributed by atoms with Gasteiger partial charge in [-0.3, -0.25) is 4.57 Å². The molecule has 0 amide bonds.